The maximum absolute atomic E-state index is 14.0. The number of halogens is 4. The minimum Gasteiger partial charge on any atom is -0.480 e. The molecule has 1 amide bonds. The summed E-state index contributed by atoms with van der Waals surface area (Å²) < 4.78 is 19.9. The van der Waals surface area contributed by atoms with Crippen molar-refractivity contribution < 1.29 is 23.8 Å². The first-order chi connectivity index (χ1) is 17.7. The van der Waals surface area contributed by atoms with Crippen LogP contribution in [0.3, 0.4) is 0 Å². The third-order valence-corrected chi connectivity index (χ3v) is 7.42. The van der Waals surface area contributed by atoms with Crippen LogP contribution >= 0.6 is 34.8 Å². The van der Waals surface area contributed by atoms with Gasteiger partial charge in [0.15, 0.2) is 0 Å². The molecule has 1 fully saturated rings. The van der Waals surface area contributed by atoms with Crippen molar-refractivity contribution in [1.82, 2.24) is 4.90 Å². The lowest BCUT2D eigenvalue weighted by atomic mass is 9.88. The SMILES string of the molecule is CCC[C@H](C(=O)O)N1C(=O)[C@@H](Cc2ccc(F)cc2)O[C@H](c2ccc(Cl)c(Cl)c2)[C@@H]1c1ccc(Cl)cc1. The first-order valence-corrected chi connectivity index (χ1v) is 13.0. The molecule has 0 unspecified atom stereocenters. The summed E-state index contributed by atoms with van der Waals surface area (Å²) in [6.07, 6.45) is -0.832. The van der Waals surface area contributed by atoms with Crippen molar-refractivity contribution in [3.63, 3.8) is 0 Å². The number of amides is 1. The molecule has 5 nitrogen and oxygen atoms in total. The largest absolute Gasteiger partial charge is 0.480 e. The average Bonchev–Trinajstić information content (AvgIpc) is 2.87. The first-order valence-electron chi connectivity index (χ1n) is 11.8. The Morgan fingerprint density at radius 3 is 2.24 bits per heavy atom. The monoisotopic (exact) mass is 563 g/mol. The normalized spacial score (nSPS) is 20.6. The van der Waals surface area contributed by atoms with Crippen LogP contribution in [-0.2, 0) is 20.7 Å². The summed E-state index contributed by atoms with van der Waals surface area (Å²) in [5.41, 5.74) is 1.98. The third-order valence-electron chi connectivity index (χ3n) is 6.43. The predicted molar refractivity (Wildman–Crippen MR) is 142 cm³/mol. The molecule has 9 heteroatoms. The van der Waals surface area contributed by atoms with E-state index in [0.717, 1.165) is 0 Å². The van der Waals surface area contributed by atoms with Gasteiger partial charge >= 0.3 is 5.97 Å². The van der Waals surface area contributed by atoms with Crippen LogP contribution in [0.25, 0.3) is 0 Å². The molecule has 0 spiro atoms. The topological polar surface area (TPSA) is 66.8 Å². The van der Waals surface area contributed by atoms with Crippen LogP contribution in [0.1, 0.15) is 48.6 Å². The zero-order chi connectivity index (χ0) is 26.7. The Balaban J connectivity index is 1.87. The van der Waals surface area contributed by atoms with Crippen molar-refractivity contribution in [1.29, 1.82) is 0 Å². The van der Waals surface area contributed by atoms with E-state index in [-0.39, 0.29) is 12.8 Å². The quantitative estimate of drug-likeness (QED) is 0.312. The standard InChI is InChI=1S/C28H25Cl3FNO4/c1-2-3-23(28(35)36)33-25(17-6-9-19(29)10-7-17)26(18-8-13-21(30)22(31)15-18)37-24(27(33)34)14-16-4-11-20(32)12-5-16/h4-13,15,23-26H,2-3,14H2,1H3,(H,35,36)/t23-,24-,25+,26-/m1/s1. The van der Waals surface area contributed by atoms with Gasteiger partial charge in [-0.15, -0.1) is 0 Å². The fraction of sp³-hybridized carbons (Fsp3) is 0.286. The summed E-state index contributed by atoms with van der Waals surface area (Å²) in [5.74, 6) is -1.96. The van der Waals surface area contributed by atoms with Gasteiger partial charge in [-0.05, 0) is 59.5 Å². The van der Waals surface area contributed by atoms with Crippen LogP contribution in [0.4, 0.5) is 4.39 Å². The second kappa shape index (κ2) is 11.8. The Bertz CT molecular complexity index is 1270. The fourth-order valence-electron chi connectivity index (χ4n) is 4.68. The van der Waals surface area contributed by atoms with Gasteiger partial charge in [0.05, 0.1) is 16.1 Å². The van der Waals surface area contributed by atoms with Crippen molar-refractivity contribution in [2.75, 3.05) is 0 Å². The molecule has 4 rings (SSSR count). The Labute approximate surface area is 229 Å². The van der Waals surface area contributed by atoms with Crippen molar-refractivity contribution >= 4 is 46.7 Å². The molecule has 1 aliphatic heterocycles. The third kappa shape index (κ3) is 6.10. The highest BCUT2D eigenvalue weighted by atomic mass is 35.5. The van der Waals surface area contributed by atoms with E-state index in [2.05, 4.69) is 0 Å². The minimum atomic E-state index is -1.11. The predicted octanol–water partition coefficient (Wildman–Crippen LogP) is 7.29. The van der Waals surface area contributed by atoms with Crippen LogP contribution < -0.4 is 0 Å². The molecule has 0 aromatic heterocycles. The van der Waals surface area contributed by atoms with Crippen molar-refractivity contribution in [2.24, 2.45) is 0 Å². The molecule has 1 N–H and O–H groups in total. The van der Waals surface area contributed by atoms with Gasteiger partial charge in [-0.25, -0.2) is 9.18 Å². The summed E-state index contributed by atoms with van der Waals surface area (Å²) in [6, 6.07) is 15.8. The highest BCUT2D eigenvalue weighted by Gasteiger charge is 2.48. The molecule has 4 atom stereocenters. The van der Waals surface area contributed by atoms with Gasteiger partial charge in [0, 0.05) is 11.4 Å². The zero-order valence-electron chi connectivity index (χ0n) is 19.9. The molecule has 37 heavy (non-hydrogen) atoms. The van der Waals surface area contributed by atoms with Gasteiger partial charge in [-0.1, -0.05) is 78.5 Å². The van der Waals surface area contributed by atoms with E-state index in [1.165, 1.54) is 17.0 Å². The van der Waals surface area contributed by atoms with Gasteiger partial charge in [0.1, 0.15) is 24.1 Å². The fourth-order valence-corrected chi connectivity index (χ4v) is 5.11. The minimum absolute atomic E-state index is 0.138. The van der Waals surface area contributed by atoms with E-state index in [4.69, 9.17) is 39.5 Å². The van der Waals surface area contributed by atoms with Gasteiger partial charge in [-0.2, -0.15) is 0 Å². The Kier molecular flexibility index (Phi) is 8.75. The Morgan fingerprint density at radius 2 is 1.65 bits per heavy atom. The Hall–Kier alpha value is -2.64. The van der Waals surface area contributed by atoms with Gasteiger partial charge < -0.3 is 14.7 Å². The van der Waals surface area contributed by atoms with E-state index in [1.807, 2.05) is 6.92 Å². The van der Waals surface area contributed by atoms with Gasteiger partial charge in [0.25, 0.3) is 5.91 Å². The van der Waals surface area contributed by atoms with Crippen molar-refractivity contribution in [3.05, 3.63) is 104 Å². The number of benzene rings is 3. The number of hydrogen-bond donors (Lipinski definition) is 1. The lowest BCUT2D eigenvalue weighted by molar-refractivity contribution is -0.184. The lowest BCUT2D eigenvalue weighted by Crippen LogP contribution is -2.57. The number of rotatable bonds is 8. The van der Waals surface area contributed by atoms with E-state index in [9.17, 15) is 19.1 Å². The molecule has 0 aliphatic carbocycles. The van der Waals surface area contributed by atoms with E-state index in [0.29, 0.717) is 38.2 Å². The molecular formula is C28H25Cl3FNO4. The van der Waals surface area contributed by atoms with Crippen LogP contribution in [0.5, 0.6) is 0 Å². The zero-order valence-corrected chi connectivity index (χ0v) is 22.2. The smallest absolute Gasteiger partial charge is 0.326 e. The summed E-state index contributed by atoms with van der Waals surface area (Å²) in [5, 5.41) is 11.4. The molecule has 0 bridgehead atoms. The number of nitrogens with zero attached hydrogens (tertiary/aromatic N) is 1. The van der Waals surface area contributed by atoms with E-state index >= 15 is 0 Å². The molecule has 194 valence electrons. The van der Waals surface area contributed by atoms with Crippen LogP contribution in [0.15, 0.2) is 66.7 Å². The van der Waals surface area contributed by atoms with Gasteiger partial charge in [0.2, 0.25) is 0 Å². The van der Waals surface area contributed by atoms with Gasteiger partial charge in [-0.3, -0.25) is 4.79 Å². The summed E-state index contributed by atoms with van der Waals surface area (Å²) >= 11 is 18.6. The first kappa shape index (κ1) is 27.4. The number of carboxylic acids is 1. The maximum Gasteiger partial charge on any atom is 0.326 e. The summed E-state index contributed by atoms with van der Waals surface area (Å²) in [7, 11) is 0. The average molecular weight is 565 g/mol. The molecule has 3 aromatic carbocycles. The molecule has 1 saturated heterocycles. The summed E-state index contributed by atoms with van der Waals surface area (Å²) in [4.78, 5) is 27.8. The highest BCUT2D eigenvalue weighted by Crippen LogP contribution is 2.45. The summed E-state index contributed by atoms with van der Waals surface area (Å²) in [6.45, 7) is 1.87. The number of carboxylic acid groups (broad SMARTS) is 1. The number of carbonyl (C=O) groups excluding carboxylic acids is 1. The van der Waals surface area contributed by atoms with E-state index < -0.39 is 42.0 Å². The van der Waals surface area contributed by atoms with Crippen LogP contribution in [-0.4, -0.2) is 34.0 Å². The second-order valence-corrected chi connectivity index (χ2v) is 10.2. The highest BCUT2D eigenvalue weighted by molar-refractivity contribution is 6.42. The second-order valence-electron chi connectivity index (χ2n) is 8.93. The number of aliphatic carboxylic acids is 1. The number of hydrogen-bond acceptors (Lipinski definition) is 3. The van der Waals surface area contributed by atoms with E-state index in [1.54, 1.807) is 54.6 Å². The molecular weight excluding hydrogens is 540 g/mol. The molecule has 0 radical (unpaired) electrons. The molecule has 3 aromatic rings. The molecule has 0 saturated carbocycles. The number of carbonyl (C=O) groups is 2. The lowest BCUT2D eigenvalue weighted by Gasteiger charge is -2.47. The number of morpholine rings is 1. The van der Waals surface area contributed by atoms with Crippen molar-refractivity contribution in [3.8, 4) is 0 Å². The molecule has 1 aliphatic rings. The maximum atomic E-state index is 14.0. The number of ether oxygens (including phenoxy) is 1. The Morgan fingerprint density at radius 1 is 1.00 bits per heavy atom. The van der Waals surface area contributed by atoms with Crippen molar-refractivity contribution in [2.45, 2.75) is 50.5 Å². The van der Waals surface area contributed by atoms with Crippen LogP contribution in [0.2, 0.25) is 15.1 Å². The van der Waals surface area contributed by atoms with Crippen LogP contribution in [0, 0.1) is 5.82 Å². The molecule has 1 heterocycles.